The van der Waals surface area contributed by atoms with Crippen molar-refractivity contribution < 1.29 is 13.9 Å². The Morgan fingerprint density at radius 2 is 1.88 bits per heavy atom. The Kier molecular flexibility index (Phi) is 5.14. The summed E-state index contributed by atoms with van der Waals surface area (Å²) in [4.78, 5) is 14.3. The summed E-state index contributed by atoms with van der Waals surface area (Å²) in [5.74, 6) is 0.263. The second-order valence-corrected chi connectivity index (χ2v) is 6.43. The van der Waals surface area contributed by atoms with Crippen LogP contribution < -0.4 is 0 Å². The molecule has 3 nitrogen and oxygen atoms in total. The van der Waals surface area contributed by atoms with Gasteiger partial charge in [0.1, 0.15) is 12.4 Å². The molecule has 0 spiro atoms. The fourth-order valence-corrected chi connectivity index (χ4v) is 3.16. The normalized spacial score (nSPS) is 20.7. The van der Waals surface area contributed by atoms with E-state index in [2.05, 4.69) is 6.92 Å². The summed E-state index contributed by atoms with van der Waals surface area (Å²) in [6.45, 7) is 3.11. The third-order valence-corrected chi connectivity index (χ3v) is 4.56. The Bertz CT molecular complexity index is 672. The number of carbonyl (C=O) groups excluding carboxylic acids is 1. The van der Waals surface area contributed by atoms with Crippen molar-refractivity contribution in [3.8, 4) is 0 Å². The van der Waals surface area contributed by atoms with E-state index in [4.69, 9.17) is 4.74 Å². The number of halogens is 1. The first kappa shape index (κ1) is 16.5. The lowest BCUT2D eigenvalue weighted by atomic mass is 9.88. The molecule has 1 amide bonds. The summed E-state index contributed by atoms with van der Waals surface area (Å²) in [5.41, 5.74) is 1.93. The first-order chi connectivity index (χ1) is 11.6. The van der Waals surface area contributed by atoms with Crippen molar-refractivity contribution in [1.29, 1.82) is 0 Å². The van der Waals surface area contributed by atoms with Gasteiger partial charge in [-0.05, 0) is 42.0 Å². The number of amides is 1. The molecule has 4 heteroatoms. The monoisotopic (exact) mass is 327 g/mol. The highest BCUT2D eigenvalue weighted by Gasteiger charge is 2.32. The van der Waals surface area contributed by atoms with Crippen LogP contribution in [0.25, 0.3) is 0 Å². The molecule has 0 aromatic heterocycles. The number of carbonyl (C=O) groups is 1. The Morgan fingerprint density at radius 3 is 2.58 bits per heavy atom. The van der Waals surface area contributed by atoms with Gasteiger partial charge in [-0.2, -0.15) is 0 Å². The van der Waals surface area contributed by atoms with Gasteiger partial charge in [-0.25, -0.2) is 9.18 Å². The van der Waals surface area contributed by atoms with E-state index < -0.39 is 0 Å². The van der Waals surface area contributed by atoms with Crippen LogP contribution in [0.4, 0.5) is 9.18 Å². The van der Waals surface area contributed by atoms with Crippen LogP contribution in [-0.2, 0) is 11.3 Å². The van der Waals surface area contributed by atoms with Crippen LogP contribution in [0.2, 0.25) is 0 Å². The number of hydrogen-bond donors (Lipinski definition) is 0. The molecule has 2 atom stereocenters. The number of hydrogen-bond acceptors (Lipinski definition) is 2. The highest BCUT2D eigenvalue weighted by Crippen LogP contribution is 2.34. The number of benzene rings is 2. The highest BCUT2D eigenvalue weighted by atomic mass is 19.1. The molecular weight excluding hydrogens is 305 g/mol. The SMILES string of the molecule is CC1CCN(C(=O)OCc2ccccc2)C(c2ccc(F)cc2)C1. The summed E-state index contributed by atoms with van der Waals surface area (Å²) in [5, 5.41) is 0. The zero-order valence-electron chi connectivity index (χ0n) is 13.8. The summed E-state index contributed by atoms with van der Waals surface area (Å²) in [6, 6.07) is 16.0. The fourth-order valence-electron chi connectivity index (χ4n) is 3.16. The van der Waals surface area contributed by atoms with E-state index in [-0.39, 0.29) is 24.6 Å². The Morgan fingerprint density at radius 1 is 1.17 bits per heavy atom. The van der Waals surface area contributed by atoms with E-state index in [0.29, 0.717) is 12.5 Å². The first-order valence-electron chi connectivity index (χ1n) is 8.36. The van der Waals surface area contributed by atoms with Crippen molar-refractivity contribution in [3.63, 3.8) is 0 Å². The third-order valence-electron chi connectivity index (χ3n) is 4.56. The number of nitrogens with zero attached hydrogens (tertiary/aromatic N) is 1. The van der Waals surface area contributed by atoms with Gasteiger partial charge < -0.3 is 9.64 Å². The summed E-state index contributed by atoms with van der Waals surface area (Å²) < 4.78 is 18.7. The van der Waals surface area contributed by atoms with Crippen LogP contribution in [0, 0.1) is 11.7 Å². The predicted molar refractivity (Wildman–Crippen MR) is 90.9 cm³/mol. The standard InChI is InChI=1S/C20H22FNO2/c1-15-11-12-22(19(13-15)17-7-9-18(21)10-8-17)20(23)24-14-16-5-3-2-4-6-16/h2-10,15,19H,11-14H2,1H3. The van der Waals surface area contributed by atoms with E-state index in [1.54, 1.807) is 17.0 Å². The molecule has 1 fully saturated rings. The molecule has 24 heavy (non-hydrogen) atoms. The van der Waals surface area contributed by atoms with Crippen molar-refractivity contribution in [2.45, 2.75) is 32.4 Å². The second-order valence-electron chi connectivity index (χ2n) is 6.43. The molecule has 2 aromatic rings. The molecule has 1 saturated heterocycles. The van der Waals surface area contributed by atoms with Gasteiger partial charge in [0.05, 0.1) is 6.04 Å². The Balaban J connectivity index is 1.71. The number of rotatable bonds is 3. The van der Waals surface area contributed by atoms with Crippen LogP contribution in [0.15, 0.2) is 54.6 Å². The minimum atomic E-state index is -0.305. The first-order valence-corrected chi connectivity index (χ1v) is 8.36. The molecule has 0 radical (unpaired) electrons. The summed E-state index contributed by atoms with van der Waals surface area (Å²) in [6.07, 6.45) is 1.52. The molecule has 2 aromatic carbocycles. The zero-order valence-corrected chi connectivity index (χ0v) is 13.8. The quantitative estimate of drug-likeness (QED) is 0.799. The highest BCUT2D eigenvalue weighted by molar-refractivity contribution is 5.68. The van der Waals surface area contributed by atoms with Gasteiger partial charge >= 0.3 is 6.09 Å². The van der Waals surface area contributed by atoms with E-state index in [1.807, 2.05) is 30.3 Å². The molecule has 3 rings (SSSR count). The van der Waals surface area contributed by atoms with Crippen molar-refractivity contribution in [2.75, 3.05) is 6.54 Å². The Labute approximate surface area is 142 Å². The lowest BCUT2D eigenvalue weighted by Crippen LogP contribution is -2.40. The van der Waals surface area contributed by atoms with Gasteiger partial charge in [-0.1, -0.05) is 49.4 Å². The molecule has 2 unspecified atom stereocenters. The number of likely N-dealkylation sites (tertiary alicyclic amines) is 1. The largest absolute Gasteiger partial charge is 0.445 e. The molecule has 0 saturated carbocycles. The third kappa shape index (κ3) is 3.94. The average Bonchev–Trinajstić information content (AvgIpc) is 2.61. The lowest BCUT2D eigenvalue weighted by Gasteiger charge is -2.38. The van der Waals surface area contributed by atoms with Crippen LogP contribution in [0.5, 0.6) is 0 Å². The van der Waals surface area contributed by atoms with Crippen molar-refractivity contribution in [1.82, 2.24) is 4.90 Å². The minimum absolute atomic E-state index is 0.0578. The van der Waals surface area contributed by atoms with E-state index in [0.717, 1.165) is 24.0 Å². The van der Waals surface area contributed by atoms with Gasteiger partial charge in [0.15, 0.2) is 0 Å². The van der Waals surface area contributed by atoms with E-state index in [9.17, 15) is 9.18 Å². The second kappa shape index (κ2) is 7.47. The van der Waals surface area contributed by atoms with Crippen molar-refractivity contribution >= 4 is 6.09 Å². The van der Waals surface area contributed by atoms with Crippen LogP contribution in [0.1, 0.15) is 36.9 Å². The lowest BCUT2D eigenvalue weighted by molar-refractivity contribution is 0.0587. The van der Waals surface area contributed by atoms with Gasteiger partial charge in [0, 0.05) is 6.54 Å². The molecule has 1 aliphatic heterocycles. The molecule has 1 heterocycles. The fraction of sp³-hybridized carbons (Fsp3) is 0.350. The number of piperidine rings is 1. The summed E-state index contributed by atoms with van der Waals surface area (Å²) in [7, 11) is 0. The molecule has 1 aliphatic rings. The number of ether oxygens (including phenoxy) is 1. The molecule has 0 N–H and O–H groups in total. The van der Waals surface area contributed by atoms with E-state index >= 15 is 0 Å². The van der Waals surface area contributed by atoms with Crippen LogP contribution >= 0.6 is 0 Å². The maximum Gasteiger partial charge on any atom is 0.410 e. The van der Waals surface area contributed by atoms with Gasteiger partial charge in [-0.15, -0.1) is 0 Å². The predicted octanol–water partition coefficient (Wildman–Crippen LogP) is 4.94. The van der Waals surface area contributed by atoms with Crippen molar-refractivity contribution in [2.24, 2.45) is 5.92 Å². The Hall–Kier alpha value is -2.36. The van der Waals surface area contributed by atoms with Gasteiger partial charge in [0.25, 0.3) is 0 Å². The van der Waals surface area contributed by atoms with E-state index in [1.165, 1.54) is 12.1 Å². The maximum atomic E-state index is 13.2. The topological polar surface area (TPSA) is 29.5 Å². The van der Waals surface area contributed by atoms with Gasteiger partial charge in [0.2, 0.25) is 0 Å². The molecule has 0 bridgehead atoms. The minimum Gasteiger partial charge on any atom is -0.445 e. The molecule has 126 valence electrons. The van der Waals surface area contributed by atoms with Crippen molar-refractivity contribution in [3.05, 3.63) is 71.5 Å². The average molecular weight is 327 g/mol. The van der Waals surface area contributed by atoms with Gasteiger partial charge in [-0.3, -0.25) is 0 Å². The summed E-state index contributed by atoms with van der Waals surface area (Å²) >= 11 is 0. The zero-order chi connectivity index (χ0) is 16.9. The molecule has 0 aliphatic carbocycles. The van der Waals surface area contributed by atoms with Crippen LogP contribution in [-0.4, -0.2) is 17.5 Å². The van der Waals surface area contributed by atoms with Crippen LogP contribution in [0.3, 0.4) is 0 Å². The smallest absolute Gasteiger partial charge is 0.410 e. The maximum absolute atomic E-state index is 13.2. The molecular formula is C20H22FNO2.